The van der Waals surface area contributed by atoms with Gasteiger partial charge in [0, 0.05) is 18.7 Å². The molecule has 0 aromatic heterocycles. The quantitative estimate of drug-likeness (QED) is 0.164. The highest BCUT2D eigenvalue weighted by Crippen LogP contribution is 2.24. The van der Waals surface area contributed by atoms with Gasteiger partial charge in [-0.25, -0.2) is 8.42 Å². The highest BCUT2D eigenvalue weighted by Gasteiger charge is 2.32. The molecule has 1 amide bonds. The van der Waals surface area contributed by atoms with Crippen LogP contribution < -0.4 is 16.3 Å². The molecule has 0 heterocycles. The maximum absolute atomic E-state index is 13.4. The number of sulfonamides is 1. The van der Waals surface area contributed by atoms with Crippen molar-refractivity contribution in [3.05, 3.63) is 65.2 Å². The normalized spacial score (nSPS) is 15.6. The fraction of sp³-hybridized carbons (Fsp3) is 0.375. The number of carbonyl (C=O) groups is 2. The molecule has 0 bridgehead atoms. The smallest absolute Gasteiger partial charge is 0.307 e. The first kappa shape index (κ1) is 26.2. The lowest BCUT2D eigenvalue weighted by Gasteiger charge is -2.29. The largest absolute Gasteiger partial charge is 0.481 e. The number of hydrogen-bond donors (Lipinski definition) is 4. The SMILES string of the molecule is CN(C(=O)[C@H](Cc1ccc(/C(N)=N/N)cc1)NS(=O)(=O)c1ccc(CC(=O)O)cc1)C1CCCC1. The van der Waals surface area contributed by atoms with E-state index < -0.39 is 22.0 Å². The van der Waals surface area contributed by atoms with Crippen LogP contribution in [0.4, 0.5) is 0 Å². The van der Waals surface area contributed by atoms with Crippen molar-refractivity contribution in [1.29, 1.82) is 0 Å². The number of nitrogens with two attached hydrogens (primary N) is 2. The van der Waals surface area contributed by atoms with Crippen LogP contribution in [0.5, 0.6) is 0 Å². The molecule has 0 unspecified atom stereocenters. The van der Waals surface area contributed by atoms with Gasteiger partial charge in [-0.05, 0) is 42.5 Å². The maximum Gasteiger partial charge on any atom is 0.307 e. The van der Waals surface area contributed by atoms with E-state index in [9.17, 15) is 18.0 Å². The minimum absolute atomic E-state index is 0.0461. The summed E-state index contributed by atoms with van der Waals surface area (Å²) in [7, 11) is -2.34. The van der Waals surface area contributed by atoms with Gasteiger partial charge in [0.2, 0.25) is 15.9 Å². The molecule has 1 saturated carbocycles. The first-order valence-electron chi connectivity index (χ1n) is 11.3. The number of nitrogens with zero attached hydrogens (tertiary/aromatic N) is 2. The van der Waals surface area contributed by atoms with Gasteiger partial charge in [0.1, 0.15) is 11.9 Å². The third kappa shape index (κ3) is 6.80. The average Bonchev–Trinajstić information content (AvgIpc) is 3.37. The average molecular weight is 502 g/mol. The molecule has 2 aromatic rings. The second kappa shape index (κ2) is 11.3. The molecule has 1 fully saturated rings. The van der Waals surface area contributed by atoms with E-state index in [4.69, 9.17) is 16.7 Å². The van der Waals surface area contributed by atoms with Crippen LogP contribution in [0, 0.1) is 0 Å². The van der Waals surface area contributed by atoms with Crippen LogP contribution in [-0.4, -0.2) is 55.3 Å². The van der Waals surface area contributed by atoms with E-state index >= 15 is 0 Å². The summed E-state index contributed by atoms with van der Waals surface area (Å²) in [5.74, 6) is 4.06. The Hall–Kier alpha value is -3.44. The number of likely N-dealkylation sites (N-methyl/N-ethyl adjacent to an activating group) is 1. The molecule has 0 aliphatic heterocycles. The van der Waals surface area contributed by atoms with Crippen LogP contribution >= 0.6 is 0 Å². The number of carboxylic acids is 1. The van der Waals surface area contributed by atoms with Crippen molar-refractivity contribution >= 4 is 27.7 Å². The van der Waals surface area contributed by atoms with Gasteiger partial charge in [-0.15, -0.1) is 0 Å². The van der Waals surface area contributed by atoms with Crippen LogP contribution in [0.3, 0.4) is 0 Å². The summed E-state index contributed by atoms with van der Waals surface area (Å²) in [5.41, 5.74) is 7.55. The van der Waals surface area contributed by atoms with Crippen molar-refractivity contribution in [3.63, 3.8) is 0 Å². The number of amides is 1. The Labute approximate surface area is 205 Å². The van der Waals surface area contributed by atoms with Gasteiger partial charge in [0.25, 0.3) is 0 Å². The molecular weight excluding hydrogens is 470 g/mol. The first-order valence-corrected chi connectivity index (χ1v) is 12.8. The van der Waals surface area contributed by atoms with Crippen molar-refractivity contribution in [3.8, 4) is 0 Å². The Balaban J connectivity index is 1.85. The molecular formula is C24H31N5O5S. The van der Waals surface area contributed by atoms with Gasteiger partial charge in [-0.1, -0.05) is 49.2 Å². The van der Waals surface area contributed by atoms with Crippen molar-refractivity contribution in [1.82, 2.24) is 9.62 Å². The van der Waals surface area contributed by atoms with E-state index in [1.807, 2.05) is 0 Å². The zero-order valence-corrected chi connectivity index (χ0v) is 20.4. The Kier molecular flexibility index (Phi) is 8.47. The Morgan fingerprint density at radius 2 is 1.66 bits per heavy atom. The molecule has 2 aromatic carbocycles. The van der Waals surface area contributed by atoms with Crippen molar-refractivity contribution in [2.45, 2.75) is 55.5 Å². The van der Waals surface area contributed by atoms with E-state index in [0.29, 0.717) is 11.1 Å². The third-order valence-electron chi connectivity index (χ3n) is 6.23. The predicted octanol–water partition coefficient (Wildman–Crippen LogP) is 1.18. The molecule has 3 rings (SSSR count). The zero-order chi connectivity index (χ0) is 25.6. The van der Waals surface area contributed by atoms with Gasteiger partial charge < -0.3 is 21.6 Å². The van der Waals surface area contributed by atoms with Gasteiger partial charge in [0.05, 0.1) is 11.3 Å². The van der Waals surface area contributed by atoms with E-state index in [1.54, 1.807) is 36.2 Å². The summed E-state index contributed by atoms with van der Waals surface area (Å²) >= 11 is 0. The number of hydrogen-bond acceptors (Lipinski definition) is 6. The summed E-state index contributed by atoms with van der Waals surface area (Å²) in [5, 5.41) is 12.4. The molecule has 1 aliphatic rings. The number of carboxylic acid groups (broad SMARTS) is 1. The molecule has 10 nitrogen and oxygen atoms in total. The lowest BCUT2D eigenvalue weighted by Crippen LogP contribution is -2.50. The third-order valence-corrected chi connectivity index (χ3v) is 7.72. The number of benzene rings is 2. The first-order chi connectivity index (χ1) is 16.6. The minimum Gasteiger partial charge on any atom is -0.481 e. The number of rotatable bonds is 10. The van der Waals surface area contributed by atoms with Crippen molar-refractivity contribution in [2.24, 2.45) is 16.7 Å². The highest BCUT2D eigenvalue weighted by atomic mass is 32.2. The number of hydrazone groups is 1. The van der Waals surface area contributed by atoms with E-state index in [-0.39, 0.29) is 35.5 Å². The summed E-state index contributed by atoms with van der Waals surface area (Å²) < 4.78 is 28.9. The van der Waals surface area contributed by atoms with Crippen LogP contribution in [0.2, 0.25) is 0 Å². The summed E-state index contributed by atoms with van der Waals surface area (Å²) in [6.45, 7) is 0. The monoisotopic (exact) mass is 501 g/mol. The predicted molar refractivity (Wildman–Crippen MR) is 132 cm³/mol. The number of carbonyl (C=O) groups excluding carboxylic acids is 1. The van der Waals surface area contributed by atoms with E-state index in [2.05, 4.69) is 9.82 Å². The van der Waals surface area contributed by atoms with Gasteiger partial charge in [0.15, 0.2) is 0 Å². The highest BCUT2D eigenvalue weighted by molar-refractivity contribution is 7.89. The molecule has 35 heavy (non-hydrogen) atoms. The Morgan fingerprint density at radius 3 is 2.20 bits per heavy atom. The molecule has 188 valence electrons. The number of nitrogens with one attached hydrogen (secondary N) is 1. The fourth-order valence-electron chi connectivity index (χ4n) is 4.23. The van der Waals surface area contributed by atoms with Gasteiger partial charge in [-0.3, -0.25) is 9.59 Å². The van der Waals surface area contributed by atoms with Crippen molar-refractivity contribution in [2.75, 3.05) is 7.05 Å². The molecule has 6 N–H and O–H groups in total. The van der Waals surface area contributed by atoms with E-state index in [0.717, 1.165) is 31.2 Å². The molecule has 1 aliphatic carbocycles. The lowest BCUT2D eigenvalue weighted by atomic mass is 10.0. The Morgan fingerprint density at radius 1 is 1.09 bits per heavy atom. The lowest BCUT2D eigenvalue weighted by molar-refractivity contribution is -0.136. The standard InChI is InChI=1S/C24H31N5O5S/c1-29(19-4-2-3-5-19)24(32)21(14-16-6-10-18(11-7-16)23(25)27-26)28-35(33,34)20-12-8-17(9-13-20)15-22(30)31/h6-13,19,21,28H,2-5,14-15,26H2,1H3,(H2,25,27)(H,30,31)/t21-/m0/s1. The minimum atomic E-state index is -4.05. The van der Waals surface area contributed by atoms with Crippen LogP contribution in [0.25, 0.3) is 0 Å². The summed E-state index contributed by atoms with van der Waals surface area (Å²) in [6.07, 6.45) is 3.76. The Bertz CT molecular complexity index is 1170. The van der Waals surface area contributed by atoms with Crippen LogP contribution in [-0.2, 0) is 32.5 Å². The molecule has 11 heteroatoms. The van der Waals surface area contributed by atoms with Crippen molar-refractivity contribution < 1.29 is 23.1 Å². The topological polar surface area (TPSA) is 168 Å². The number of amidine groups is 1. The second-order valence-corrected chi connectivity index (χ2v) is 10.4. The number of aliphatic carboxylic acids is 1. The summed E-state index contributed by atoms with van der Waals surface area (Å²) in [4.78, 5) is 25.9. The summed E-state index contributed by atoms with van der Waals surface area (Å²) in [6, 6.07) is 11.5. The zero-order valence-electron chi connectivity index (χ0n) is 19.6. The molecule has 0 radical (unpaired) electrons. The second-order valence-electron chi connectivity index (χ2n) is 8.69. The molecule has 0 spiro atoms. The van der Waals surface area contributed by atoms with Crippen LogP contribution in [0.15, 0.2) is 58.5 Å². The van der Waals surface area contributed by atoms with Crippen LogP contribution in [0.1, 0.15) is 42.4 Å². The van der Waals surface area contributed by atoms with Gasteiger partial charge in [-0.2, -0.15) is 9.82 Å². The van der Waals surface area contributed by atoms with E-state index in [1.165, 1.54) is 24.3 Å². The molecule has 0 saturated heterocycles. The van der Waals surface area contributed by atoms with Gasteiger partial charge >= 0.3 is 5.97 Å². The maximum atomic E-state index is 13.4. The fourth-order valence-corrected chi connectivity index (χ4v) is 5.42. The molecule has 1 atom stereocenters.